The summed E-state index contributed by atoms with van der Waals surface area (Å²) >= 11 is 0. The zero-order valence-corrected chi connectivity index (χ0v) is 75.2. The van der Waals surface area contributed by atoms with Gasteiger partial charge in [-0.3, -0.25) is 106 Å². The molecule has 0 aliphatic heterocycles. The molecule has 3 aromatic heterocycles. The molecule has 0 radical (unpaired) electrons. The second kappa shape index (κ2) is 57.5. The Balaban J connectivity index is 1.36. The van der Waals surface area contributed by atoms with E-state index >= 15 is 0 Å². The van der Waals surface area contributed by atoms with Crippen molar-refractivity contribution in [2.45, 2.75) is 221 Å². The molecule has 0 aliphatic rings. The molecule has 0 fully saturated rings. The number of aromatic nitrogens is 6. The molecule has 138 heavy (non-hydrogen) atoms. The zero-order valence-electron chi connectivity index (χ0n) is 75.2. The van der Waals surface area contributed by atoms with E-state index in [0.717, 1.165) is 6.92 Å². The van der Waals surface area contributed by atoms with Crippen molar-refractivity contribution >= 4 is 130 Å². The van der Waals surface area contributed by atoms with Crippen molar-refractivity contribution in [1.29, 1.82) is 5.41 Å². The maximum Gasteiger partial charge on any atom is 0.305 e. The van der Waals surface area contributed by atoms with Crippen LogP contribution in [0.2, 0.25) is 0 Å². The quantitative estimate of drug-likeness (QED) is 0.00976. The van der Waals surface area contributed by atoms with Crippen molar-refractivity contribution < 1.29 is 131 Å². The summed E-state index contributed by atoms with van der Waals surface area (Å²) in [5.41, 5.74) is 28.7. The van der Waals surface area contributed by atoms with Gasteiger partial charge in [0.05, 0.1) is 74.5 Å². The number of aliphatic hydroxyl groups is 1. The van der Waals surface area contributed by atoms with Gasteiger partial charge in [-0.2, -0.15) is 0 Å². The number of rotatable bonds is 63. The van der Waals surface area contributed by atoms with Crippen LogP contribution in [-0.4, -0.2) is 308 Å². The van der Waals surface area contributed by atoms with E-state index in [1.807, 2.05) is 0 Å². The smallest absolute Gasteiger partial charge is 0.305 e. The van der Waals surface area contributed by atoms with Crippen LogP contribution in [0.15, 0.2) is 92.2 Å². The highest BCUT2D eigenvalue weighted by Gasteiger charge is 2.40. The molecule has 55 heteroatoms. The van der Waals surface area contributed by atoms with Gasteiger partial charge in [0.2, 0.25) is 100 Å². The number of benzene rings is 2. The normalized spacial score (nSPS) is 14.3. The number of aromatic amines is 3. The fourth-order valence-electron chi connectivity index (χ4n) is 13.2. The number of amides is 17. The van der Waals surface area contributed by atoms with Crippen LogP contribution >= 0.6 is 0 Å². The summed E-state index contributed by atoms with van der Waals surface area (Å²) in [6.07, 6.45) is -0.00472. The van der Waals surface area contributed by atoms with Crippen molar-refractivity contribution in [2.24, 2.45) is 34.6 Å². The number of nitrogens with zero attached hydrogens (tertiary/aromatic N) is 3. The van der Waals surface area contributed by atoms with E-state index < -0.39 is 311 Å². The van der Waals surface area contributed by atoms with Crippen molar-refractivity contribution in [3.63, 3.8) is 0 Å². The number of carbonyl (C=O) groups excluding carboxylic acids is 17. The second-order valence-electron chi connectivity index (χ2n) is 32.0. The largest absolute Gasteiger partial charge is 0.508 e. The standard InChI is InChI=1S/C83H118N28O27/c1-40(2)67(82(138)109-57(28-46-34-92-39-97-46)79(135)106-56(27-45-33-91-38-96-45)77(133)107-58(30-61(86)114)80(136)100-49(68(87)124)12-7-8-22-84)111-74(130)52(19-21-64(118)119)103-75(131)53(25-43-14-16-47(113)17-15-43)99-62(115)35-94-71(127)60(36-112)110-81(137)59(31-66(122)123)108-78(134)55(26-44-32-90-37-95-44)105-72(128)50(13-9-23-93-83(88)89)102-76(132)54(24-42-10-5-4-6-11-42)104-73(129)51(18-20-63(116)117)101-69(125)41(3)98-70(126)48(85)29-65(120)121/h4-6,10-11,14-17,32-34,37-41,48-60,67,112-113H,7-9,12-13,18-31,35-36,84-85H2,1-3H3,(H2,86,114)(H2,87,124)(H,90,95)(H,91,96)(H,92,97)(H,94,127)(H,98,126)(H,99,115)(H,100,136)(H,101,125)(H,102,132)(H,103,131)(H,104,129)(H,105,128)(H,106,135)(H,107,133)(H,108,134)(H,109,138)(H,110,137)(H,111,130)(H,116,117)(H,118,119)(H,120,121)(H,122,123)(H4,88,89,93)/t41-,48-,49-,50-,51-,52-,53-,54-,55-,56-,57-,58-,59-,60-,67-/m0/s1. The molecule has 2 aromatic carbocycles. The van der Waals surface area contributed by atoms with Crippen LogP contribution in [0.4, 0.5) is 0 Å². The summed E-state index contributed by atoms with van der Waals surface area (Å²) in [5, 5.41) is 105. The number of aromatic hydroxyl groups is 1. The number of aliphatic carboxylic acids is 4. The summed E-state index contributed by atoms with van der Waals surface area (Å²) in [5.74, 6) is -27.6. The zero-order chi connectivity index (χ0) is 102. The molecule has 0 saturated carbocycles. The molecule has 0 spiro atoms. The Morgan fingerprint density at radius 1 is 0.384 bits per heavy atom. The van der Waals surface area contributed by atoms with Crippen LogP contribution in [0.3, 0.4) is 0 Å². The van der Waals surface area contributed by atoms with Gasteiger partial charge in [-0.25, -0.2) is 15.0 Å². The van der Waals surface area contributed by atoms with Crippen molar-refractivity contribution in [1.82, 2.24) is 115 Å². The minimum atomic E-state index is -2.20. The summed E-state index contributed by atoms with van der Waals surface area (Å²) in [6, 6.07) is -13.3. The number of unbranched alkanes of at least 4 members (excludes halogenated alkanes) is 1. The number of carboxylic acids is 4. The lowest BCUT2D eigenvalue weighted by Gasteiger charge is -2.29. The number of carbonyl (C=O) groups is 21. The van der Waals surface area contributed by atoms with Crippen LogP contribution in [0.5, 0.6) is 5.75 Å². The molecule has 0 bridgehead atoms. The lowest BCUT2D eigenvalue weighted by atomic mass is 10.00. The molecular weight excluding hydrogens is 1820 g/mol. The average molecular weight is 1940 g/mol. The van der Waals surface area contributed by atoms with Gasteiger partial charge in [-0.15, -0.1) is 0 Å². The highest BCUT2D eigenvalue weighted by atomic mass is 16.4. The summed E-state index contributed by atoms with van der Waals surface area (Å²) in [6.45, 7) is 1.76. The molecule has 752 valence electrons. The van der Waals surface area contributed by atoms with Gasteiger partial charge in [-0.1, -0.05) is 56.3 Å². The monoisotopic (exact) mass is 1940 g/mol. The molecule has 5 rings (SSSR count). The maximum atomic E-state index is 14.7. The number of nitrogens with one attached hydrogen (secondary N) is 20. The maximum absolute atomic E-state index is 14.7. The Labute approximate surface area is 786 Å². The molecule has 0 saturated heterocycles. The summed E-state index contributed by atoms with van der Waals surface area (Å²) in [7, 11) is 0. The number of hydrogen-bond acceptors (Lipinski definition) is 29. The Morgan fingerprint density at radius 3 is 1.19 bits per heavy atom. The molecule has 17 amide bonds. The molecule has 5 aromatic rings. The Morgan fingerprint density at radius 2 is 0.768 bits per heavy atom. The van der Waals surface area contributed by atoms with E-state index in [1.165, 1.54) is 75.7 Å². The number of phenolic OH excluding ortho intramolecular Hbond substituents is 1. The first-order valence-corrected chi connectivity index (χ1v) is 43.2. The molecule has 0 aliphatic carbocycles. The number of carboxylic acid groups (broad SMARTS) is 4. The van der Waals surface area contributed by atoms with E-state index in [4.69, 9.17) is 39.2 Å². The van der Waals surface area contributed by atoms with Gasteiger partial charge < -0.3 is 159 Å². The number of imidazole rings is 3. The Hall–Kier alpha value is -16.1. The molecule has 0 unspecified atom stereocenters. The van der Waals surface area contributed by atoms with Crippen molar-refractivity contribution in [2.75, 3.05) is 26.2 Å². The predicted octanol–water partition coefficient (Wildman–Crippen LogP) is -10.6. The van der Waals surface area contributed by atoms with E-state index in [0.29, 0.717) is 18.4 Å². The van der Waals surface area contributed by atoms with Gasteiger partial charge in [0.15, 0.2) is 5.96 Å². The van der Waals surface area contributed by atoms with E-state index in [2.05, 4.69) is 115 Å². The van der Waals surface area contributed by atoms with E-state index in [1.54, 1.807) is 30.3 Å². The first-order valence-electron chi connectivity index (χ1n) is 43.2. The highest BCUT2D eigenvalue weighted by molar-refractivity contribution is 6.02. The third kappa shape index (κ3) is 40.8. The SMILES string of the molecule is CC(C)[C@H](NC(=O)[C@H](CCC(=O)O)NC(=O)[C@H](Cc1ccc(O)cc1)NC(=O)CNC(=O)[C@H](CO)NC(=O)[C@H](CC(=O)O)NC(=O)[C@H](Cc1c[nH]cn1)NC(=O)[C@H](CCCNC(=N)N)NC(=O)[C@H](Cc1ccccc1)NC(=O)[C@H](CCC(=O)O)NC(=O)[C@H](C)NC(=O)[C@@H](N)CC(=O)O)C(=O)N[C@@H](Cc1c[nH]cn1)C(=O)N[C@@H](Cc1c[nH]cn1)C(=O)N[C@@H](CC(N)=O)C(=O)N[C@@H](CCCCN)C(N)=O. The highest BCUT2D eigenvalue weighted by Crippen LogP contribution is 2.17. The van der Waals surface area contributed by atoms with Crippen molar-refractivity contribution in [3.8, 4) is 5.75 Å². The number of nitrogens with two attached hydrogens (primary N) is 5. The van der Waals surface area contributed by atoms with Crippen LogP contribution in [0, 0.1) is 11.3 Å². The molecule has 3 heterocycles. The number of H-pyrrole nitrogens is 3. The first-order chi connectivity index (χ1) is 65.3. The average Bonchev–Trinajstić information content (AvgIpc) is 1.18. The van der Waals surface area contributed by atoms with Crippen LogP contribution in [0.1, 0.15) is 126 Å². The number of phenols is 1. The molecule has 36 N–H and O–H groups in total. The number of guanidine groups is 1. The molecule has 15 atom stereocenters. The van der Waals surface area contributed by atoms with Gasteiger partial charge in [-0.05, 0) is 87.6 Å². The first kappa shape index (κ1) is 112. The lowest BCUT2D eigenvalue weighted by Crippen LogP contribution is -2.61. The lowest BCUT2D eigenvalue weighted by molar-refractivity contribution is -0.142. The fraction of sp³-hybridized carbons (Fsp3) is 0.482. The predicted molar refractivity (Wildman–Crippen MR) is 478 cm³/mol. The minimum absolute atomic E-state index is 0.0355. The fourth-order valence-corrected chi connectivity index (χ4v) is 13.2. The molecule has 55 nitrogen and oxygen atoms in total. The Kier molecular flexibility index (Phi) is 46.8. The number of hydrogen-bond donors (Lipinski definition) is 31. The topological polar surface area (TPSA) is 912 Å². The Bertz CT molecular complexity index is 5010. The second-order valence-corrected chi connectivity index (χ2v) is 32.0. The summed E-state index contributed by atoms with van der Waals surface area (Å²) in [4.78, 5) is 306. The van der Waals surface area contributed by atoms with Crippen LogP contribution < -0.4 is 114 Å². The summed E-state index contributed by atoms with van der Waals surface area (Å²) < 4.78 is 0. The van der Waals surface area contributed by atoms with Crippen LogP contribution in [0.25, 0.3) is 0 Å². The number of aliphatic hydroxyl groups excluding tert-OH is 1. The van der Waals surface area contributed by atoms with Crippen molar-refractivity contribution in [3.05, 3.63) is 120 Å². The third-order valence-electron chi connectivity index (χ3n) is 20.6. The van der Waals surface area contributed by atoms with Gasteiger partial charge in [0.1, 0.15) is 90.3 Å². The number of primary amides is 2. The molecular formula is C83H118N28O27. The third-order valence-corrected chi connectivity index (χ3v) is 20.6. The van der Waals surface area contributed by atoms with Gasteiger partial charge >= 0.3 is 23.9 Å². The van der Waals surface area contributed by atoms with E-state index in [9.17, 15) is 126 Å². The minimum Gasteiger partial charge on any atom is -0.508 e. The van der Waals surface area contributed by atoms with E-state index in [-0.39, 0.29) is 67.2 Å². The van der Waals surface area contributed by atoms with Gasteiger partial charge in [0, 0.05) is 70.1 Å². The van der Waals surface area contributed by atoms with Crippen LogP contribution in [-0.2, 0) is 133 Å². The van der Waals surface area contributed by atoms with Gasteiger partial charge in [0.25, 0.3) is 0 Å².